The van der Waals surface area contributed by atoms with Crippen molar-refractivity contribution in [3.05, 3.63) is 42.0 Å². The zero-order valence-electron chi connectivity index (χ0n) is 11.7. The molecule has 0 bridgehead atoms. The molecular formula is C16H21NO2. The first-order valence-corrected chi connectivity index (χ1v) is 6.43. The normalized spacial score (nSPS) is 13.5. The fourth-order valence-corrected chi connectivity index (χ4v) is 2.26. The Balaban J connectivity index is 2.63. The summed E-state index contributed by atoms with van der Waals surface area (Å²) in [5, 5.41) is 11.6. The van der Waals surface area contributed by atoms with E-state index in [1.807, 2.05) is 50.2 Å². The van der Waals surface area contributed by atoms with Gasteiger partial charge in [0.05, 0.1) is 7.11 Å². The number of rotatable bonds is 4. The second-order valence-corrected chi connectivity index (χ2v) is 5.53. The third-order valence-corrected chi connectivity index (χ3v) is 3.72. The molecule has 0 aliphatic rings. The maximum Gasteiger partial charge on any atom is 0.126 e. The van der Waals surface area contributed by atoms with Gasteiger partial charge in [-0.25, -0.2) is 0 Å². The van der Waals surface area contributed by atoms with Crippen LogP contribution in [-0.2, 0) is 0 Å². The van der Waals surface area contributed by atoms with Crippen LogP contribution in [0.2, 0.25) is 0 Å². The Morgan fingerprint density at radius 2 is 1.79 bits per heavy atom. The van der Waals surface area contributed by atoms with Crippen LogP contribution in [0, 0.1) is 5.41 Å². The van der Waals surface area contributed by atoms with Gasteiger partial charge in [-0.15, -0.1) is 0 Å². The van der Waals surface area contributed by atoms with Crippen molar-refractivity contribution in [1.82, 2.24) is 0 Å². The van der Waals surface area contributed by atoms with Crippen molar-refractivity contribution in [2.75, 3.05) is 13.7 Å². The van der Waals surface area contributed by atoms with Gasteiger partial charge in [0, 0.05) is 23.4 Å². The van der Waals surface area contributed by atoms with Gasteiger partial charge in [0.2, 0.25) is 0 Å². The third kappa shape index (κ3) is 2.44. The monoisotopic (exact) mass is 259 g/mol. The average molecular weight is 259 g/mol. The highest BCUT2D eigenvalue weighted by atomic mass is 16.5. The molecular weight excluding hydrogens is 238 g/mol. The van der Waals surface area contributed by atoms with Gasteiger partial charge in [-0.1, -0.05) is 44.2 Å². The van der Waals surface area contributed by atoms with E-state index in [4.69, 9.17) is 10.5 Å². The van der Waals surface area contributed by atoms with Gasteiger partial charge in [-0.2, -0.15) is 0 Å². The van der Waals surface area contributed by atoms with E-state index in [2.05, 4.69) is 0 Å². The molecule has 0 fully saturated rings. The molecule has 3 heteroatoms. The molecule has 0 heterocycles. The van der Waals surface area contributed by atoms with Crippen LogP contribution in [0.4, 0.5) is 0 Å². The summed E-state index contributed by atoms with van der Waals surface area (Å²) in [6.07, 6.45) is 0. The summed E-state index contributed by atoms with van der Waals surface area (Å²) >= 11 is 0. The molecule has 2 aromatic rings. The third-order valence-electron chi connectivity index (χ3n) is 3.72. The lowest BCUT2D eigenvalue weighted by atomic mass is 9.80. The molecule has 3 nitrogen and oxygen atoms in total. The Morgan fingerprint density at radius 1 is 1.16 bits per heavy atom. The maximum absolute atomic E-state index is 9.49. The van der Waals surface area contributed by atoms with Crippen LogP contribution in [0.15, 0.2) is 36.4 Å². The molecule has 0 aliphatic carbocycles. The quantitative estimate of drug-likeness (QED) is 0.887. The van der Waals surface area contributed by atoms with Crippen molar-refractivity contribution >= 4 is 10.8 Å². The number of fused-ring (bicyclic) bond motifs is 1. The van der Waals surface area contributed by atoms with E-state index in [1.165, 1.54) is 0 Å². The number of aliphatic hydroxyl groups excluding tert-OH is 1. The van der Waals surface area contributed by atoms with Crippen LogP contribution in [0.5, 0.6) is 5.75 Å². The molecule has 19 heavy (non-hydrogen) atoms. The molecule has 0 spiro atoms. The minimum absolute atomic E-state index is 0.0501. The van der Waals surface area contributed by atoms with Crippen molar-refractivity contribution in [2.45, 2.75) is 19.9 Å². The Labute approximate surface area is 114 Å². The topological polar surface area (TPSA) is 55.5 Å². The molecule has 102 valence electrons. The lowest BCUT2D eigenvalue weighted by Gasteiger charge is -2.30. The predicted molar refractivity (Wildman–Crippen MR) is 78.3 cm³/mol. The lowest BCUT2D eigenvalue weighted by molar-refractivity contribution is 0.133. The number of hydrogen-bond acceptors (Lipinski definition) is 3. The number of hydrogen-bond donors (Lipinski definition) is 2. The van der Waals surface area contributed by atoms with Crippen LogP contribution in [0.1, 0.15) is 25.5 Å². The van der Waals surface area contributed by atoms with Gasteiger partial charge in [0.1, 0.15) is 5.75 Å². The van der Waals surface area contributed by atoms with E-state index in [9.17, 15) is 5.11 Å². The second kappa shape index (κ2) is 5.19. The molecule has 1 atom stereocenters. The molecule has 2 aromatic carbocycles. The largest absolute Gasteiger partial charge is 0.496 e. The van der Waals surface area contributed by atoms with E-state index in [-0.39, 0.29) is 18.1 Å². The number of ether oxygens (including phenoxy) is 1. The SMILES string of the molecule is COc1ccc([C@@H](N)C(C)(C)CO)c2ccccc12. The molecule has 0 amide bonds. The summed E-state index contributed by atoms with van der Waals surface area (Å²) in [7, 11) is 1.67. The van der Waals surface area contributed by atoms with Crippen LogP contribution >= 0.6 is 0 Å². The van der Waals surface area contributed by atoms with Gasteiger partial charge >= 0.3 is 0 Å². The number of aliphatic hydroxyl groups is 1. The van der Waals surface area contributed by atoms with Gasteiger partial charge in [-0.3, -0.25) is 0 Å². The van der Waals surface area contributed by atoms with Crippen molar-refractivity contribution in [1.29, 1.82) is 0 Å². The molecule has 0 aliphatic heterocycles. The van der Waals surface area contributed by atoms with E-state index >= 15 is 0 Å². The zero-order chi connectivity index (χ0) is 14.0. The predicted octanol–water partition coefficient (Wildman–Crippen LogP) is 2.87. The second-order valence-electron chi connectivity index (χ2n) is 5.53. The highest BCUT2D eigenvalue weighted by Crippen LogP contribution is 2.37. The van der Waals surface area contributed by atoms with Crippen molar-refractivity contribution in [2.24, 2.45) is 11.1 Å². The summed E-state index contributed by atoms with van der Waals surface area (Å²) in [6, 6.07) is 11.7. The van der Waals surface area contributed by atoms with Gasteiger partial charge < -0.3 is 15.6 Å². The molecule has 0 saturated heterocycles. The number of benzene rings is 2. The van der Waals surface area contributed by atoms with Crippen molar-refractivity contribution in [3.8, 4) is 5.75 Å². The van der Waals surface area contributed by atoms with Gasteiger partial charge in [0.25, 0.3) is 0 Å². The molecule has 0 unspecified atom stereocenters. The Kier molecular flexibility index (Phi) is 3.78. The first-order valence-electron chi connectivity index (χ1n) is 6.43. The highest BCUT2D eigenvalue weighted by molar-refractivity contribution is 5.91. The Bertz CT molecular complexity index is 578. The highest BCUT2D eigenvalue weighted by Gasteiger charge is 2.28. The fourth-order valence-electron chi connectivity index (χ4n) is 2.26. The summed E-state index contributed by atoms with van der Waals surface area (Å²) in [4.78, 5) is 0. The Hall–Kier alpha value is -1.58. The fraction of sp³-hybridized carbons (Fsp3) is 0.375. The van der Waals surface area contributed by atoms with Crippen LogP contribution < -0.4 is 10.5 Å². The van der Waals surface area contributed by atoms with E-state index in [1.54, 1.807) is 7.11 Å². The van der Waals surface area contributed by atoms with Crippen molar-refractivity contribution < 1.29 is 9.84 Å². The van der Waals surface area contributed by atoms with Gasteiger partial charge in [0.15, 0.2) is 0 Å². The lowest BCUT2D eigenvalue weighted by Crippen LogP contribution is -2.32. The molecule has 2 rings (SSSR count). The smallest absolute Gasteiger partial charge is 0.126 e. The van der Waals surface area contributed by atoms with E-state index < -0.39 is 0 Å². The average Bonchev–Trinajstić information content (AvgIpc) is 2.45. The number of nitrogens with two attached hydrogens (primary N) is 1. The van der Waals surface area contributed by atoms with Crippen LogP contribution in [0.3, 0.4) is 0 Å². The zero-order valence-corrected chi connectivity index (χ0v) is 11.7. The standard InChI is InChI=1S/C16H21NO2/c1-16(2,10-18)15(17)13-8-9-14(19-3)12-7-5-4-6-11(12)13/h4-9,15,18H,10,17H2,1-3H3/t15-/m1/s1. The van der Waals surface area contributed by atoms with E-state index in [0.717, 1.165) is 22.1 Å². The van der Waals surface area contributed by atoms with E-state index in [0.29, 0.717) is 0 Å². The molecule has 3 N–H and O–H groups in total. The Morgan fingerprint density at radius 3 is 2.37 bits per heavy atom. The summed E-state index contributed by atoms with van der Waals surface area (Å²) < 4.78 is 5.38. The first-order chi connectivity index (χ1) is 9.01. The molecule has 0 saturated carbocycles. The van der Waals surface area contributed by atoms with Gasteiger partial charge in [-0.05, 0) is 17.0 Å². The minimum atomic E-state index is -0.364. The summed E-state index contributed by atoms with van der Waals surface area (Å²) in [6.45, 7) is 3.99. The molecule has 0 radical (unpaired) electrons. The number of methoxy groups -OCH3 is 1. The van der Waals surface area contributed by atoms with Crippen LogP contribution in [0.25, 0.3) is 10.8 Å². The van der Waals surface area contributed by atoms with Crippen molar-refractivity contribution in [3.63, 3.8) is 0 Å². The summed E-state index contributed by atoms with van der Waals surface area (Å²) in [5.41, 5.74) is 7.01. The molecule has 0 aromatic heterocycles. The summed E-state index contributed by atoms with van der Waals surface area (Å²) in [5.74, 6) is 0.841. The first kappa shape index (κ1) is 13.8. The maximum atomic E-state index is 9.49. The van der Waals surface area contributed by atoms with Crippen LogP contribution in [-0.4, -0.2) is 18.8 Å². The minimum Gasteiger partial charge on any atom is -0.496 e.